The van der Waals surface area contributed by atoms with Gasteiger partial charge in [0.05, 0.1) is 12.2 Å². The van der Waals surface area contributed by atoms with E-state index in [1.165, 1.54) is 37.1 Å². The number of alkyl halides is 3. The molecular weight excluding hydrogens is 533 g/mol. The first-order chi connectivity index (χ1) is 19.7. The van der Waals surface area contributed by atoms with Crippen molar-refractivity contribution in [2.75, 3.05) is 17.2 Å². The molecule has 1 atom stereocenters. The van der Waals surface area contributed by atoms with Gasteiger partial charge in [-0.25, -0.2) is 0 Å². The Morgan fingerprint density at radius 1 is 1.02 bits per heavy atom. The third kappa shape index (κ3) is 7.24. The SMILES string of the molecule is O=C(/C=C/C=C(/c1ccc(OCCC2CC2)cc1)c1ccc(C(F)(F)F)cc1)Nc1cccc2c1CC(O)C(=O)N2. The number of benzene rings is 3. The molecule has 0 bridgehead atoms. The number of carbonyl (C=O) groups excluding carboxylic acids is 2. The minimum atomic E-state index is -4.45. The standard InChI is InChI=1S/C32H29F3N2O4/c33-32(34,35)23-13-9-21(10-14-23)25(22-11-15-24(16-12-22)41-18-17-20-7-8-20)3-1-6-30(39)36-27-4-2-5-28-26(27)19-29(38)31(40)37-28/h1-6,9-16,20,29,38H,7-8,17-19H2,(H,36,39)(H,37,40)/b6-1+,25-3+. The minimum absolute atomic E-state index is 0.0690. The van der Waals surface area contributed by atoms with E-state index in [1.807, 2.05) is 24.3 Å². The second kappa shape index (κ2) is 12.0. The molecule has 212 valence electrons. The van der Waals surface area contributed by atoms with E-state index in [4.69, 9.17) is 4.74 Å². The second-order valence-electron chi connectivity index (χ2n) is 10.1. The summed E-state index contributed by atoms with van der Waals surface area (Å²) in [7, 11) is 0. The van der Waals surface area contributed by atoms with Crippen molar-refractivity contribution in [1.29, 1.82) is 0 Å². The molecule has 0 saturated heterocycles. The Kier molecular flexibility index (Phi) is 8.26. The number of rotatable bonds is 9. The lowest BCUT2D eigenvalue weighted by atomic mass is 9.96. The zero-order valence-electron chi connectivity index (χ0n) is 22.1. The number of hydrogen-bond donors (Lipinski definition) is 3. The van der Waals surface area contributed by atoms with Crippen LogP contribution < -0.4 is 15.4 Å². The van der Waals surface area contributed by atoms with Crippen LogP contribution in [-0.4, -0.2) is 29.6 Å². The van der Waals surface area contributed by atoms with Gasteiger partial charge >= 0.3 is 6.18 Å². The van der Waals surface area contributed by atoms with Gasteiger partial charge in [0.25, 0.3) is 5.91 Å². The van der Waals surface area contributed by atoms with Crippen LogP contribution in [0.5, 0.6) is 5.75 Å². The highest BCUT2D eigenvalue weighted by Crippen LogP contribution is 2.34. The van der Waals surface area contributed by atoms with Gasteiger partial charge in [-0.1, -0.05) is 55.3 Å². The third-order valence-corrected chi connectivity index (χ3v) is 7.08. The zero-order chi connectivity index (χ0) is 29.0. The molecule has 1 unspecified atom stereocenters. The minimum Gasteiger partial charge on any atom is -0.494 e. The lowest BCUT2D eigenvalue weighted by molar-refractivity contribution is -0.137. The molecule has 1 heterocycles. The molecule has 5 rings (SSSR count). The molecule has 0 radical (unpaired) electrons. The Bertz CT molecular complexity index is 1470. The molecule has 9 heteroatoms. The fourth-order valence-electron chi connectivity index (χ4n) is 4.63. The van der Waals surface area contributed by atoms with E-state index in [0.29, 0.717) is 40.4 Å². The van der Waals surface area contributed by atoms with Crippen LogP contribution in [0, 0.1) is 5.92 Å². The quantitative estimate of drug-likeness (QED) is 0.209. The van der Waals surface area contributed by atoms with E-state index < -0.39 is 29.7 Å². The van der Waals surface area contributed by atoms with Crippen LogP contribution in [0.15, 0.2) is 85.0 Å². The summed E-state index contributed by atoms with van der Waals surface area (Å²) < 4.78 is 45.2. The second-order valence-corrected chi connectivity index (χ2v) is 10.1. The summed E-state index contributed by atoms with van der Waals surface area (Å²) in [6, 6.07) is 17.2. The predicted molar refractivity (Wildman–Crippen MR) is 150 cm³/mol. The number of aliphatic hydroxyl groups excluding tert-OH is 1. The van der Waals surface area contributed by atoms with Crippen LogP contribution >= 0.6 is 0 Å². The molecule has 0 spiro atoms. The van der Waals surface area contributed by atoms with Gasteiger partial charge in [-0.05, 0) is 65.4 Å². The fourth-order valence-corrected chi connectivity index (χ4v) is 4.63. The highest BCUT2D eigenvalue weighted by Gasteiger charge is 2.30. The summed E-state index contributed by atoms with van der Waals surface area (Å²) in [6.45, 7) is 0.638. The van der Waals surface area contributed by atoms with E-state index in [2.05, 4.69) is 10.6 Å². The molecule has 2 aliphatic rings. The number of fused-ring (bicyclic) bond motifs is 1. The maximum Gasteiger partial charge on any atom is 0.416 e. The van der Waals surface area contributed by atoms with Crippen LogP contribution in [0.3, 0.4) is 0 Å². The number of anilines is 2. The molecule has 1 saturated carbocycles. The molecule has 1 aliphatic heterocycles. The highest BCUT2D eigenvalue weighted by atomic mass is 19.4. The van der Waals surface area contributed by atoms with Crippen molar-refractivity contribution in [3.05, 3.63) is 107 Å². The Labute approximate surface area is 235 Å². The van der Waals surface area contributed by atoms with Crippen LogP contribution in [-0.2, 0) is 22.2 Å². The summed E-state index contributed by atoms with van der Waals surface area (Å²) in [5.74, 6) is 0.516. The molecule has 1 fully saturated rings. The van der Waals surface area contributed by atoms with Crippen molar-refractivity contribution < 1.29 is 32.6 Å². The normalized spacial score (nSPS) is 17.2. The van der Waals surface area contributed by atoms with Crippen molar-refractivity contribution in [2.24, 2.45) is 5.92 Å². The summed E-state index contributed by atoms with van der Waals surface area (Å²) in [6.07, 6.45) is 2.43. The van der Waals surface area contributed by atoms with Gasteiger partial charge in [0.2, 0.25) is 5.91 Å². The molecule has 3 N–H and O–H groups in total. The van der Waals surface area contributed by atoms with Crippen molar-refractivity contribution >= 4 is 28.8 Å². The Morgan fingerprint density at radius 2 is 1.71 bits per heavy atom. The number of aliphatic hydroxyl groups is 1. The zero-order valence-corrected chi connectivity index (χ0v) is 22.1. The number of carbonyl (C=O) groups is 2. The average Bonchev–Trinajstić information content (AvgIpc) is 3.77. The first-order valence-electron chi connectivity index (χ1n) is 13.4. The number of halogens is 3. The fraction of sp³-hybridized carbons (Fsp3) is 0.250. The van der Waals surface area contributed by atoms with Gasteiger partial charge < -0.3 is 20.5 Å². The molecular formula is C32H29F3N2O4. The van der Waals surface area contributed by atoms with Gasteiger partial charge in [-0.3, -0.25) is 9.59 Å². The molecule has 3 aromatic rings. The van der Waals surface area contributed by atoms with E-state index in [0.717, 1.165) is 30.0 Å². The van der Waals surface area contributed by atoms with Crippen molar-refractivity contribution in [2.45, 2.75) is 38.0 Å². The van der Waals surface area contributed by atoms with E-state index in [9.17, 15) is 27.9 Å². The van der Waals surface area contributed by atoms with Gasteiger partial charge in [-0.2, -0.15) is 13.2 Å². The van der Waals surface area contributed by atoms with E-state index in [1.54, 1.807) is 24.3 Å². The lowest BCUT2D eigenvalue weighted by Gasteiger charge is -2.23. The summed E-state index contributed by atoms with van der Waals surface area (Å²) in [4.78, 5) is 24.5. The number of allylic oxidation sites excluding steroid dienone is 2. The maximum atomic E-state index is 13.1. The average molecular weight is 563 g/mol. The smallest absolute Gasteiger partial charge is 0.416 e. The van der Waals surface area contributed by atoms with E-state index >= 15 is 0 Å². The summed E-state index contributed by atoms with van der Waals surface area (Å²) in [5, 5.41) is 15.3. The van der Waals surface area contributed by atoms with Gasteiger partial charge in [0.15, 0.2) is 0 Å². The van der Waals surface area contributed by atoms with Crippen LogP contribution in [0.4, 0.5) is 24.5 Å². The molecule has 1 aliphatic carbocycles. The maximum absolute atomic E-state index is 13.1. The molecule has 6 nitrogen and oxygen atoms in total. The monoisotopic (exact) mass is 562 g/mol. The predicted octanol–water partition coefficient (Wildman–Crippen LogP) is 6.37. The first kappa shape index (κ1) is 28.2. The van der Waals surface area contributed by atoms with Crippen LogP contribution in [0.25, 0.3) is 5.57 Å². The highest BCUT2D eigenvalue weighted by molar-refractivity contribution is 6.03. The van der Waals surface area contributed by atoms with Gasteiger partial charge in [0, 0.05) is 29.4 Å². The van der Waals surface area contributed by atoms with Crippen molar-refractivity contribution in [1.82, 2.24) is 0 Å². The summed E-state index contributed by atoms with van der Waals surface area (Å²) in [5.41, 5.74) is 2.75. The summed E-state index contributed by atoms with van der Waals surface area (Å²) >= 11 is 0. The van der Waals surface area contributed by atoms with Crippen LogP contribution in [0.1, 0.15) is 41.5 Å². The number of nitrogens with one attached hydrogen (secondary N) is 2. The number of hydrogen-bond acceptors (Lipinski definition) is 4. The Balaban J connectivity index is 1.35. The van der Waals surface area contributed by atoms with Gasteiger partial charge in [0.1, 0.15) is 11.9 Å². The van der Waals surface area contributed by atoms with Crippen molar-refractivity contribution in [3.8, 4) is 5.75 Å². The third-order valence-electron chi connectivity index (χ3n) is 7.08. The number of ether oxygens (including phenoxy) is 1. The Hall–Kier alpha value is -4.37. The largest absolute Gasteiger partial charge is 0.494 e. The Morgan fingerprint density at radius 3 is 2.37 bits per heavy atom. The van der Waals surface area contributed by atoms with Crippen molar-refractivity contribution in [3.63, 3.8) is 0 Å². The molecule has 0 aromatic heterocycles. The molecule has 2 amide bonds. The van der Waals surface area contributed by atoms with E-state index in [-0.39, 0.29) is 6.42 Å². The lowest BCUT2D eigenvalue weighted by Crippen LogP contribution is -2.34. The van der Waals surface area contributed by atoms with Gasteiger partial charge in [-0.15, -0.1) is 0 Å². The molecule has 41 heavy (non-hydrogen) atoms. The first-order valence-corrected chi connectivity index (χ1v) is 13.4. The number of amides is 2. The topological polar surface area (TPSA) is 87.7 Å². The van der Waals surface area contributed by atoms with Crippen LogP contribution in [0.2, 0.25) is 0 Å². The molecule has 3 aromatic carbocycles.